The van der Waals surface area contributed by atoms with Crippen molar-refractivity contribution in [1.29, 1.82) is 0 Å². The highest BCUT2D eigenvalue weighted by Gasteiger charge is 2.18. The van der Waals surface area contributed by atoms with Gasteiger partial charge in [0.25, 0.3) is 0 Å². The van der Waals surface area contributed by atoms with Crippen LogP contribution in [-0.2, 0) is 16.0 Å². The molecule has 41 heavy (non-hydrogen) atoms. The SMILES string of the molecule is C/C=C\C.CC/C=C(\C)F.CC1=NC(C)=C(C(C)/C=C\CC(=O)NNC(=O)Cc2ccccc2)Sc2ccccc21. The molecule has 0 radical (unpaired) electrons. The van der Waals surface area contributed by atoms with E-state index in [9.17, 15) is 14.0 Å². The number of aliphatic imine (C=N–C) groups is 1. The first-order valence-corrected chi connectivity index (χ1v) is 14.7. The highest BCUT2D eigenvalue weighted by molar-refractivity contribution is 8.03. The fourth-order valence-electron chi connectivity index (χ4n) is 3.60. The average molecular weight is 578 g/mol. The molecule has 0 bridgehead atoms. The number of carbonyl (C=O) groups is 2. The number of hydrazine groups is 1. The lowest BCUT2D eigenvalue weighted by Gasteiger charge is -2.13. The van der Waals surface area contributed by atoms with Crippen molar-refractivity contribution in [3.8, 4) is 0 Å². The number of hydrogen-bond donors (Lipinski definition) is 2. The van der Waals surface area contributed by atoms with Crippen molar-refractivity contribution < 1.29 is 14.0 Å². The maximum absolute atomic E-state index is 12.1. The Hall–Kier alpha value is -3.71. The van der Waals surface area contributed by atoms with E-state index in [1.54, 1.807) is 17.8 Å². The number of rotatable bonds is 7. The van der Waals surface area contributed by atoms with Crippen molar-refractivity contribution in [1.82, 2.24) is 10.9 Å². The summed E-state index contributed by atoms with van der Waals surface area (Å²) in [4.78, 5) is 31.1. The second-order valence-corrected chi connectivity index (χ2v) is 10.4. The van der Waals surface area contributed by atoms with Crippen molar-refractivity contribution in [2.24, 2.45) is 10.9 Å². The molecule has 0 fully saturated rings. The molecule has 0 aliphatic carbocycles. The second-order valence-electron chi connectivity index (χ2n) is 9.29. The van der Waals surface area contributed by atoms with E-state index in [0.29, 0.717) is 0 Å². The fourth-order valence-corrected chi connectivity index (χ4v) is 4.77. The minimum atomic E-state index is -0.261. The predicted molar refractivity (Wildman–Crippen MR) is 172 cm³/mol. The molecule has 1 heterocycles. The standard InChI is InChI=1S/C25H27N3O2S.C5H9F.C4H8/c1-17(25-19(3)26-18(2)21-13-7-8-14-22(21)31-25)10-9-15-23(29)27-28-24(30)16-20-11-5-4-6-12-20;1-3-4-5(2)6;1-3-4-2/h4-14,17H,15-16H2,1-3H3,(H,27,29)(H,28,30);4H,3H2,1-2H3;3-4H,1-2H3/b10-9-;5-4+;4-3-. The van der Waals surface area contributed by atoms with Gasteiger partial charge in [-0.3, -0.25) is 25.4 Å². The zero-order chi connectivity index (χ0) is 30.6. The molecular formula is C34H44FN3O2S. The van der Waals surface area contributed by atoms with Crippen LogP contribution in [0.15, 0.2) is 111 Å². The topological polar surface area (TPSA) is 70.6 Å². The summed E-state index contributed by atoms with van der Waals surface area (Å²) >= 11 is 1.73. The van der Waals surface area contributed by atoms with Crippen LogP contribution < -0.4 is 10.9 Å². The van der Waals surface area contributed by atoms with Gasteiger partial charge >= 0.3 is 0 Å². The van der Waals surface area contributed by atoms with E-state index in [1.807, 2.05) is 101 Å². The van der Waals surface area contributed by atoms with E-state index in [1.165, 1.54) is 11.8 Å². The number of fused-ring (bicyclic) bond motifs is 1. The van der Waals surface area contributed by atoms with Crippen molar-refractivity contribution >= 4 is 29.3 Å². The number of amides is 2. The molecule has 2 N–H and O–H groups in total. The summed E-state index contributed by atoms with van der Waals surface area (Å²) in [7, 11) is 0. The summed E-state index contributed by atoms with van der Waals surface area (Å²) in [6.45, 7) is 13.5. The van der Waals surface area contributed by atoms with Crippen molar-refractivity contribution in [2.75, 3.05) is 0 Å². The highest BCUT2D eigenvalue weighted by atomic mass is 32.2. The van der Waals surface area contributed by atoms with Gasteiger partial charge < -0.3 is 0 Å². The number of halogens is 1. The molecule has 1 aliphatic rings. The minimum absolute atomic E-state index is 0.0856. The number of nitrogens with one attached hydrogen (secondary N) is 2. The van der Waals surface area contributed by atoms with Gasteiger partial charge in [0.15, 0.2) is 0 Å². The second kappa shape index (κ2) is 20.2. The van der Waals surface area contributed by atoms with Crippen LogP contribution in [-0.4, -0.2) is 17.5 Å². The van der Waals surface area contributed by atoms with Crippen LogP contribution in [0.4, 0.5) is 4.39 Å². The first-order chi connectivity index (χ1) is 19.6. The Morgan fingerprint density at radius 2 is 1.59 bits per heavy atom. The van der Waals surface area contributed by atoms with Crippen LogP contribution in [0.5, 0.6) is 0 Å². The first kappa shape index (κ1) is 35.3. The third-order valence-electron chi connectivity index (χ3n) is 5.70. The highest BCUT2D eigenvalue weighted by Crippen LogP contribution is 2.39. The zero-order valence-corrected chi connectivity index (χ0v) is 26.1. The number of carbonyl (C=O) groups excluding carboxylic acids is 2. The monoisotopic (exact) mass is 577 g/mol. The summed E-state index contributed by atoms with van der Waals surface area (Å²) in [6.07, 6.45) is 10.6. The lowest BCUT2D eigenvalue weighted by molar-refractivity contribution is -0.128. The quantitative estimate of drug-likeness (QED) is 0.256. The van der Waals surface area contributed by atoms with Crippen LogP contribution in [0.3, 0.4) is 0 Å². The van der Waals surface area contributed by atoms with Gasteiger partial charge in [0.1, 0.15) is 0 Å². The normalized spacial score (nSPS) is 13.7. The number of thioether (sulfide) groups is 1. The number of benzene rings is 2. The minimum Gasteiger partial charge on any atom is -0.273 e. The van der Waals surface area contributed by atoms with Gasteiger partial charge in [-0.05, 0) is 52.7 Å². The molecule has 7 heteroatoms. The van der Waals surface area contributed by atoms with Gasteiger partial charge in [0.05, 0.1) is 12.2 Å². The third-order valence-corrected chi connectivity index (χ3v) is 7.16. The average Bonchev–Trinajstić information content (AvgIpc) is 3.08. The van der Waals surface area contributed by atoms with E-state index in [-0.39, 0.29) is 36.4 Å². The van der Waals surface area contributed by atoms with Crippen LogP contribution in [0, 0.1) is 5.92 Å². The molecule has 2 amide bonds. The summed E-state index contributed by atoms with van der Waals surface area (Å²) in [5.41, 5.74) is 8.98. The molecule has 5 nitrogen and oxygen atoms in total. The van der Waals surface area contributed by atoms with Crippen molar-refractivity contribution in [3.63, 3.8) is 0 Å². The van der Waals surface area contributed by atoms with Crippen molar-refractivity contribution in [2.45, 2.75) is 72.6 Å². The molecule has 2 aromatic carbocycles. The maximum atomic E-state index is 12.1. The Labute approximate surface area is 249 Å². The van der Waals surface area contributed by atoms with Gasteiger partial charge in [0.2, 0.25) is 11.8 Å². The number of hydrogen-bond acceptors (Lipinski definition) is 4. The molecule has 0 saturated carbocycles. The molecule has 0 aromatic heterocycles. The maximum Gasteiger partial charge on any atom is 0.242 e. The van der Waals surface area contributed by atoms with E-state index in [4.69, 9.17) is 4.99 Å². The summed E-state index contributed by atoms with van der Waals surface area (Å²) < 4.78 is 11.6. The van der Waals surface area contributed by atoms with E-state index in [0.717, 1.165) is 33.9 Å². The lowest BCUT2D eigenvalue weighted by Crippen LogP contribution is -2.42. The van der Waals surface area contributed by atoms with E-state index < -0.39 is 0 Å². The Kier molecular flexibility index (Phi) is 17.4. The van der Waals surface area contributed by atoms with Gasteiger partial charge in [0, 0.05) is 39.1 Å². The van der Waals surface area contributed by atoms with Crippen LogP contribution in [0.1, 0.15) is 72.4 Å². The Morgan fingerprint density at radius 3 is 2.17 bits per heavy atom. The van der Waals surface area contributed by atoms with Gasteiger partial charge in [-0.2, -0.15) is 0 Å². The Balaban J connectivity index is 0.000000722. The molecular weight excluding hydrogens is 533 g/mol. The zero-order valence-electron chi connectivity index (χ0n) is 25.3. The predicted octanol–water partition coefficient (Wildman–Crippen LogP) is 8.66. The molecule has 0 saturated heterocycles. The van der Waals surface area contributed by atoms with Gasteiger partial charge in [-0.15, -0.1) is 0 Å². The summed E-state index contributed by atoms with van der Waals surface area (Å²) in [5.74, 6) is -0.478. The summed E-state index contributed by atoms with van der Waals surface area (Å²) in [5, 5.41) is 0. The lowest BCUT2D eigenvalue weighted by atomic mass is 10.1. The largest absolute Gasteiger partial charge is 0.273 e. The smallest absolute Gasteiger partial charge is 0.242 e. The molecule has 2 aromatic rings. The van der Waals surface area contributed by atoms with Crippen LogP contribution in [0.2, 0.25) is 0 Å². The van der Waals surface area contributed by atoms with Gasteiger partial charge in [-0.1, -0.05) is 105 Å². The molecule has 220 valence electrons. The summed E-state index contributed by atoms with van der Waals surface area (Å²) in [6, 6.07) is 17.7. The molecule has 3 rings (SSSR count). The fraction of sp³-hybridized carbons (Fsp3) is 0.324. The first-order valence-electron chi connectivity index (χ1n) is 13.8. The van der Waals surface area contributed by atoms with E-state index in [2.05, 4.69) is 29.9 Å². The van der Waals surface area contributed by atoms with Crippen molar-refractivity contribution in [3.05, 3.63) is 113 Å². The number of nitrogens with zero attached hydrogens (tertiary/aromatic N) is 1. The number of allylic oxidation sites excluding steroid dienone is 7. The Morgan fingerprint density at radius 1 is 0.976 bits per heavy atom. The van der Waals surface area contributed by atoms with Gasteiger partial charge in [-0.25, -0.2) is 4.39 Å². The van der Waals surface area contributed by atoms with Crippen LogP contribution >= 0.6 is 11.8 Å². The van der Waals surface area contributed by atoms with E-state index >= 15 is 0 Å². The molecule has 1 unspecified atom stereocenters. The molecule has 1 atom stereocenters. The molecule has 0 spiro atoms. The molecule has 1 aliphatic heterocycles. The Bertz CT molecular complexity index is 1260. The third kappa shape index (κ3) is 14.5. The van der Waals surface area contributed by atoms with Crippen LogP contribution in [0.25, 0.3) is 0 Å².